The number of benzene rings is 1. The van der Waals surface area contributed by atoms with Crippen molar-refractivity contribution in [2.24, 2.45) is 5.73 Å². The summed E-state index contributed by atoms with van der Waals surface area (Å²) >= 11 is 1.76. The highest BCUT2D eigenvalue weighted by molar-refractivity contribution is 7.98. The Balaban J connectivity index is 2.04. The van der Waals surface area contributed by atoms with Crippen LogP contribution in [0.3, 0.4) is 0 Å². The Morgan fingerprint density at radius 1 is 1.29 bits per heavy atom. The molecule has 1 aromatic carbocycles. The van der Waals surface area contributed by atoms with E-state index >= 15 is 0 Å². The highest BCUT2D eigenvalue weighted by Gasteiger charge is 2.06. The second-order valence-electron chi connectivity index (χ2n) is 3.89. The van der Waals surface area contributed by atoms with Crippen LogP contribution in [0.5, 0.6) is 0 Å². The molecule has 2 aromatic rings. The summed E-state index contributed by atoms with van der Waals surface area (Å²) in [5.74, 6) is 2.68. The fourth-order valence-electron chi connectivity index (χ4n) is 1.50. The summed E-state index contributed by atoms with van der Waals surface area (Å²) < 4.78 is 5.28. The van der Waals surface area contributed by atoms with Crippen molar-refractivity contribution in [1.82, 2.24) is 5.16 Å². The number of nitrogens with zero attached hydrogens (tertiary/aromatic N) is 1. The Morgan fingerprint density at radius 3 is 2.76 bits per heavy atom. The van der Waals surface area contributed by atoms with Crippen LogP contribution in [-0.2, 0) is 5.75 Å². The van der Waals surface area contributed by atoms with E-state index < -0.39 is 0 Å². The summed E-state index contributed by atoms with van der Waals surface area (Å²) in [6.45, 7) is 2.77. The van der Waals surface area contributed by atoms with Gasteiger partial charge in [-0.25, -0.2) is 0 Å². The van der Waals surface area contributed by atoms with Gasteiger partial charge in [-0.2, -0.15) is 11.8 Å². The van der Waals surface area contributed by atoms with Crippen molar-refractivity contribution < 1.29 is 4.52 Å². The number of thioether (sulfide) groups is 1. The van der Waals surface area contributed by atoms with E-state index in [1.165, 1.54) is 5.56 Å². The maximum Gasteiger partial charge on any atom is 0.147 e. The molecule has 0 bridgehead atoms. The normalized spacial score (nSPS) is 10.7. The van der Waals surface area contributed by atoms with E-state index in [9.17, 15) is 0 Å². The lowest BCUT2D eigenvalue weighted by Gasteiger charge is -1.95. The first-order valence-electron chi connectivity index (χ1n) is 5.60. The first-order valence-corrected chi connectivity index (χ1v) is 6.75. The molecule has 2 rings (SSSR count). The number of aromatic nitrogens is 1. The molecule has 3 nitrogen and oxygen atoms in total. The van der Waals surface area contributed by atoms with Gasteiger partial charge in [0.05, 0.1) is 5.75 Å². The van der Waals surface area contributed by atoms with Crippen molar-refractivity contribution >= 4 is 11.8 Å². The number of rotatable bonds is 5. The van der Waals surface area contributed by atoms with E-state index in [0.29, 0.717) is 6.54 Å². The van der Waals surface area contributed by atoms with Gasteiger partial charge < -0.3 is 10.3 Å². The molecule has 0 radical (unpaired) electrons. The maximum atomic E-state index is 5.44. The molecule has 0 amide bonds. The standard InChI is InChI=1S/C13H16N2OS/c1-10-2-4-11(5-3-10)13-8-12(16-15-13)9-17-7-6-14/h2-5,8H,6-7,9,14H2,1H3. The molecule has 0 spiro atoms. The third kappa shape index (κ3) is 3.35. The lowest BCUT2D eigenvalue weighted by Crippen LogP contribution is -2.01. The second-order valence-corrected chi connectivity index (χ2v) is 4.99. The maximum absolute atomic E-state index is 5.44. The van der Waals surface area contributed by atoms with Crippen LogP contribution >= 0.6 is 11.8 Å². The zero-order valence-electron chi connectivity index (χ0n) is 9.85. The van der Waals surface area contributed by atoms with Crippen LogP contribution in [0.1, 0.15) is 11.3 Å². The van der Waals surface area contributed by atoms with Gasteiger partial charge in [0.25, 0.3) is 0 Å². The van der Waals surface area contributed by atoms with Gasteiger partial charge >= 0.3 is 0 Å². The number of nitrogens with two attached hydrogens (primary N) is 1. The van der Waals surface area contributed by atoms with Crippen LogP contribution in [0.4, 0.5) is 0 Å². The summed E-state index contributed by atoms with van der Waals surface area (Å²) in [5, 5.41) is 4.08. The predicted octanol–water partition coefficient (Wildman–Crippen LogP) is 2.84. The highest BCUT2D eigenvalue weighted by Crippen LogP contribution is 2.21. The number of hydrogen-bond acceptors (Lipinski definition) is 4. The summed E-state index contributed by atoms with van der Waals surface area (Å²) in [6, 6.07) is 10.3. The zero-order valence-corrected chi connectivity index (χ0v) is 10.7. The molecule has 0 saturated carbocycles. The minimum Gasteiger partial charge on any atom is -0.360 e. The van der Waals surface area contributed by atoms with E-state index in [2.05, 4.69) is 36.3 Å². The number of aryl methyl sites for hydroxylation is 1. The first kappa shape index (κ1) is 12.2. The molecule has 0 aliphatic carbocycles. The number of hydrogen-bond donors (Lipinski definition) is 1. The third-order valence-corrected chi connectivity index (χ3v) is 3.43. The molecular weight excluding hydrogens is 232 g/mol. The van der Waals surface area contributed by atoms with Gasteiger partial charge in [-0.05, 0) is 6.92 Å². The van der Waals surface area contributed by atoms with Crippen LogP contribution in [0.25, 0.3) is 11.3 Å². The monoisotopic (exact) mass is 248 g/mol. The molecule has 17 heavy (non-hydrogen) atoms. The highest BCUT2D eigenvalue weighted by atomic mass is 32.2. The Morgan fingerprint density at radius 2 is 2.06 bits per heavy atom. The fraction of sp³-hybridized carbons (Fsp3) is 0.308. The average molecular weight is 248 g/mol. The van der Waals surface area contributed by atoms with E-state index in [1.54, 1.807) is 11.8 Å². The summed E-state index contributed by atoms with van der Waals surface area (Å²) in [6.07, 6.45) is 0. The Bertz CT molecular complexity index is 465. The molecule has 0 fully saturated rings. The molecule has 0 unspecified atom stereocenters. The Labute approximate surface area is 105 Å². The van der Waals surface area contributed by atoms with Crippen LogP contribution < -0.4 is 5.73 Å². The summed E-state index contributed by atoms with van der Waals surface area (Å²) in [4.78, 5) is 0. The SMILES string of the molecule is Cc1ccc(-c2cc(CSCCN)on2)cc1. The van der Waals surface area contributed by atoms with Crippen molar-refractivity contribution in [3.63, 3.8) is 0 Å². The van der Waals surface area contributed by atoms with Gasteiger partial charge in [0.2, 0.25) is 0 Å². The molecule has 2 N–H and O–H groups in total. The third-order valence-electron chi connectivity index (χ3n) is 2.41. The minimum atomic E-state index is 0.698. The largest absolute Gasteiger partial charge is 0.360 e. The van der Waals surface area contributed by atoms with Gasteiger partial charge in [0.1, 0.15) is 11.5 Å². The van der Waals surface area contributed by atoms with Crippen LogP contribution in [0.15, 0.2) is 34.9 Å². The molecule has 0 aliphatic rings. The lowest BCUT2D eigenvalue weighted by molar-refractivity contribution is 0.397. The summed E-state index contributed by atoms with van der Waals surface area (Å²) in [5.41, 5.74) is 8.67. The first-order chi connectivity index (χ1) is 8.29. The van der Waals surface area contributed by atoms with Gasteiger partial charge in [-0.1, -0.05) is 35.0 Å². The minimum absolute atomic E-state index is 0.698. The van der Waals surface area contributed by atoms with Crippen molar-refractivity contribution in [2.75, 3.05) is 12.3 Å². The molecule has 1 aromatic heterocycles. The fourth-order valence-corrected chi connectivity index (χ4v) is 2.15. The molecule has 4 heteroatoms. The molecule has 0 saturated heterocycles. The summed E-state index contributed by atoms with van der Waals surface area (Å²) in [7, 11) is 0. The molecule has 0 aliphatic heterocycles. The van der Waals surface area contributed by atoms with Crippen molar-refractivity contribution in [2.45, 2.75) is 12.7 Å². The van der Waals surface area contributed by atoms with Gasteiger partial charge in [0.15, 0.2) is 0 Å². The van der Waals surface area contributed by atoms with E-state index in [0.717, 1.165) is 28.5 Å². The van der Waals surface area contributed by atoms with Gasteiger partial charge in [-0.15, -0.1) is 0 Å². The molecule has 0 atom stereocenters. The average Bonchev–Trinajstić information content (AvgIpc) is 2.79. The van der Waals surface area contributed by atoms with E-state index in [1.807, 2.05) is 6.07 Å². The van der Waals surface area contributed by atoms with Crippen LogP contribution in [0.2, 0.25) is 0 Å². The van der Waals surface area contributed by atoms with Gasteiger partial charge in [-0.3, -0.25) is 0 Å². The van der Waals surface area contributed by atoms with E-state index in [4.69, 9.17) is 10.3 Å². The van der Waals surface area contributed by atoms with Crippen molar-refractivity contribution in [3.8, 4) is 11.3 Å². The smallest absolute Gasteiger partial charge is 0.147 e. The zero-order chi connectivity index (χ0) is 12.1. The molecular formula is C13H16N2OS. The van der Waals surface area contributed by atoms with E-state index in [-0.39, 0.29) is 0 Å². The Kier molecular flexibility index (Phi) is 4.23. The predicted molar refractivity (Wildman–Crippen MR) is 71.9 cm³/mol. The van der Waals surface area contributed by atoms with Crippen molar-refractivity contribution in [1.29, 1.82) is 0 Å². The Hall–Kier alpha value is -1.26. The van der Waals surface area contributed by atoms with Gasteiger partial charge in [0, 0.05) is 23.9 Å². The molecule has 90 valence electrons. The topological polar surface area (TPSA) is 52.0 Å². The molecule has 1 heterocycles. The lowest BCUT2D eigenvalue weighted by atomic mass is 10.1. The van der Waals surface area contributed by atoms with Crippen molar-refractivity contribution in [3.05, 3.63) is 41.7 Å². The second kappa shape index (κ2) is 5.89. The van der Waals surface area contributed by atoms with Crippen LogP contribution in [0, 0.1) is 6.92 Å². The quantitative estimate of drug-likeness (QED) is 0.827. The van der Waals surface area contributed by atoms with Crippen LogP contribution in [-0.4, -0.2) is 17.5 Å².